The molecular formula is C20H20N4S2. The molecule has 0 aliphatic heterocycles. The Morgan fingerprint density at radius 2 is 1.88 bits per heavy atom. The lowest BCUT2D eigenvalue weighted by molar-refractivity contribution is 0.827. The van der Waals surface area contributed by atoms with Gasteiger partial charge in [0.1, 0.15) is 5.01 Å². The van der Waals surface area contributed by atoms with E-state index in [1.807, 2.05) is 34.5 Å². The van der Waals surface area contributed by atoms with E-state index in [9.17, 15) is 0 Å². The highest BCUT2D eigenvalue weighted by Crippen LogP contribution is 2.25. The van der Waals surface area contributed by atoms with E-state index in [-0.39, 0.29) is 0 Å². The van der Waals surface area contributed by atoms with Gasteiger partial charge in [0.15, 0.2) is 5.82 Å². The highest BCUT2D eigenvalue weighted by atomic mass is 32.2. The molecule has 0 bridgehead atoms. The summed E-state index contributed by atoms with van der Waals surface area (Å²) in [7, 11) is 0. The van der Waals surface area contributed by atoms with Crippen LogP contribution in [0.4, 0.5) is 0 Å². The van der Waals surface area contributed by atoms with Gasteiger partial charge in [0.05, 0.1) is 0 Å². The summed E-state index contributed by atoms with van der Waals surface area (Å²) in [6, 6.07) is 16.9. The highest BCUT2D eigenvalue weighted by molar-refractivity contribution is 7.99. The second-order valence-corrected chi connectivity index (χ2v) is 8.51. The Labute approximate surface area is 161 Å². The van der Waals surface area contributed by atoms with Gasteiger partial charge in [-0.1, -0.05) is 59.4 Å². The number of benzene rings is 2. The molecule has 2 heterocycles. The summed E-state index contributed by atoms with van der Waals surface area (Å²) in [5.41, 5.74) is 3.87. The summed E-state index contributed by atoms with van der Waals surface area (Å²) < 4.78 is 1.90. The molecule has 4 rings (SSSR count). The quantitative estimate of drug-likeness (QED) is 0.454. The van der Waals surface area contributed by atoms with Crippen LogP contribution in [0.3, 0.4) is 0 Å². The third kappa shape index (κ3) is 3.81. The maximum atomic E-state index is 4.74. The summed E-state index contributed by atoms with van der Waals surface area (Å²) >= 11 is 3.53. The van der Waals surface area contributed by atoms with E-state index in [0.717, 1.165) is 34.4 Å². The molecule has 0 spiro atoms. The van der Waals surface area contributed by atoms with Crippen molar-refractivity contribution >= 4 is 28.1 Å². The first-order chi connectivity index (χ1) is 12.7. The van der Waals surface area contributed by atoms with Crippen LogP contribution in [0.2, 0.25) is 0 Å². The first kappa shape index (κ1) is 17.2. The lowest BCUT2D eigenvalue weighted by Gasteiger charge is -2.05. The molecule has 132 valence electrons. The number of fused-ring (bicyclic) bond motifs is 1. The van der Waals surface area contributed by atoms with Crippen molar-refractivity contribution in [2.45, 2.75) is 31.6 Å². The van der Waals surface area contributed by atoms with E-state index < -0.39 is 0 Å². The Morgan fingerprint density at radius 3 is 2.73 bits per heavy atom. The number of aromatic nitrogens is 4. The Bertz CT molecular complexity index is 1020. The lowest BCUT2D eigenvalue weighted by atomic mass is 10.1. The minimum absolute atomic E-state index is 0.752. The fraction of sp³-hybridized carbons (Fsp3) is 0.250. The maximum absolute atomic E-state index is 4.74. The van der Waals surface area contributed by atoms with Gasteiger partial charge in [-0.15, -0.1) is 22.0 Å². The fourth-order valence-electron chi connectivity index (χ4n) is 2.80. The molecule has 0 fully saturated rings. The Hall–Kier alpha value is -2.18. The number of rotatable bonds is 6. The van der Waals surface area contributed by atoms with Crippen LogP contribution < -0.4 is 0 Å². The second kappa shape index (κ2) is 7.60. The number of hydrogen-bond acceptors (Lipinski definition) is 5. The van der Waals surface area contributed by atoms with E-state index in [1.165, 1.54) is 21.6 Å². The average Bonchev–Trinajstić information content (AvgIpc) is 3.20. The standard InChI is InChI=1S/C20H20N4S2/c1-14-8-9-15(2)17(12-14)25-11-10-19-23-24-18(21-22-20(24)26-19)13-16-6-4-3-5-7-16/h3-9,12H,10-11,13H2,1-2H3. The molecular weight excluding hydrogens is 360 g/mol. The van der Waals surface area contributed by atoms with Crippen LogP contribution in [-0.2, 0) is 12.8 Å². The zero-order valence-corrected chi connectivity index (χ0v) is 16.5. The van der Waals surface area contributed by atoms with Gasteiger partial charge in [0, 0.05) is 23.5 Å². The third-order valence-electron chi connectivity index (χ3n) is 4.22. The number of aryl methyl sites for hydroxylation is 3. The Balaban J connectivity index is 1.44. The highest BCUT2D eigenvalue weighted by Gasteiger charge is 2.12. The number of hydrogen-bond donors (Lipinski definition) is 0. The summed E-state index contributed by atoms with van der Waals surface area (Å²) in [5.74, 6) is 1.92. The van der Waals surface area contributed by atoms with E-state index in [4.69, 9.17) is 5.10 Å². The van der Waals surface area contributed by atoms with Gasteiger partial charge >= 0.3 is 0 Å². The van der Waals surface area contributed by atoms with E-state index in [2.05, 4.69) is 54.4 Å². The molecule has 4 nitrogen and oxygen atoms in total. The van der Waals surface area contributed by atoms with Crippen LogP contribution >= 0.6 is 23.1 Å². The molecule has 2 aromatic heterocycles. The van der Waals surface area contributed by atoms with Crippen LogP contribution in [0, 0.1) is 13.8 Å². The fourth-order valence-corrected chi connectivity index (χ4v) is 4.86. The van der Waals surface area contributed by atoms with Crippen LogP contribution in [0.1, 0.15) is 27.5 Å². The average molecular weight is 381 g/mol. The lowest BCUT2D eigenvalue weighted by Crippen LogP contribution is -1.99. The molecule has 0 atom stereocenters. The Kier molecular flexibility index (Phi) is 5.04. The van der Waals surface area contributed by atoms with Gasteiger partial charge in [0.25, 0.3) is 0 Å². The van der Waals surface area contributed by atoms with E-state index in [0.29, 0.717) is 0 Å². The van der Waals surface area contributed by atoms with Crippen molar-refractivity contribution < 1.29 is 0 Å². The van der Waals surface area contributed by atoms with Crippen molar-refractivity contribution in [2.75, 3.05) is 5.75 Å². The number of thioether (sulfide) groups is 1. The van der Waals surface area contributed by atoms with E-state index in [1.54, 1.807) is 11.3 Å². The van der Waals surface area contributed by atoms with Crippen LogP contribution in [-0.4, -0.2) is 25.6 Å². The zero-order valence-electron chi connectivity index (χ0n) is 14.8. The first-order valence-corrected chi connectivity index (χ1v) is 10.4. The SMILES string of the molecule is Cc1ccc(C)c(SCCc2nn3c(Cc4ccccc4)nnc3s2)c1. The molecule has 2 aromatic carbocycles. The molecule has 0 saturated carbocycles. The van der Waals surface area contributed by atoms with Crippen LogP contribution in [0.15, 0.2) is 53.4 Å². The number of nitrogens with zero attached hydrogens (tertiary/aromatic N) is 4. The summed E-state index contributed by atoms with van der Waals surface area (Å²) in [5, 5.41) is 14.4. The van der Waals surface area contributed by atoms with Gasteiger partial charge in [-0.3, -0.25) is 0 Å². The molecule has 4 aromatic rings. The summed E-state index contributed by atoms with van der Waals surface area (Å²) in [6.45, 7) is 4.31. The van der Waals surface area contributed by atoms with Crippen molar-refractivity contribution in [1.82, 2.24) is 19.8 Å². The summed E-state index contributed by atoms with van der Waals surface area (Å²) in [4.78, 5) is 2.24. The monoisotopic (exact) mass is 380 g/mol. The molecule has 6 heteroatoms. The minimum atomic E-state index is 0.752. The second-order valence-electron chi connectivity index (χ2n) is 6.34. The van der Waals surface area contributed by atoms with Crippen molar-refractivity contribution in [3.8, 4) is 0 Å². The maximum Gasteiger partial charge on any atom is 0.234 e. The molecule has 0 saturated heterocycles. The van der Waals surface area contributed by atoms with Gasteiger partial charge in [-0.25, -0.2) is 0 Å². The summed E-state index contributed by atoms with van der Waals surface area (Å²) in [6.07, 6.45) is 1.69. The molecule has 0 unspecified atom stereocenters. The predicted molar refractivity (Wildman–Crippen MR) is 108 cm³/mol. The molecule has 26 heavy (non-hydrogen) atoms. The Morgan fingerprint density at radius 1 is 1.04 bits per heavy atom. The smallest absolute Gasteiger partial charge is 0.187 e. The zero-order chi connectivity index (χ0) is 17.9. The largest absolute Gasteiger partial charge is 0.234 e. The molecule has 0 aliphatic carbocycles. The van der Waals surface area contributed by atoms with Gasteiger partial charge in [-0.05, 0) is 31.0 Å². The van der Waals surface area contributed by atoms with Gasteiger partial charge < -0.3 is 0 Å². The van der Waals surface area contributed by atoms with Crippen LogP contribution in [0.5, 0.6) is 0 Å². The molecule has 0 N–H and O–H groups in total. The molecule has 0 radical (unpaired) electrons. The normalized spacial score (nSPS) is 11.3. The van der Waals surface area contributed by atoms with Gasteiger partial charge in [0.2, 0.25) is 4.96 Å². The van der Waals surface area contributed by atoms with E-state index >= 15 is 0 Å². The molecule has 0 amide bonds. The van der Waals surface area contributed by atoms with Crippen molar-refractivity contribution in [3.05, 3.63) is 76.1 Å². The van der Waals surface area contributed by atoms with Crippen LogP contribution in [0.25, 0.3) is 4.96 Å². The van der Waals surface area contributed by atoms with Gasteiger partial charge in [-0.2, -0.15) is 9.61 Å². The predicted octanol–water partition coefficient (Wildman–Crippen LogP) is 4.73. The molecule has 0 aliphatic rings. The topological polar surface area (TPSA) is 43.1 Å². The first-order valence-electron chi connectivity index (χ1n) is 8.63. The van der Waals surface area contributed by atoms with Crippen molar-refractivity contribution in [1.29, 1.82) is 0 Å². The van der Waals surface area contributed by atoms with Crippen molar-refractivity contribution in [3.63, 3.8) is 0 Å². The minimum Gasteiger partial charge on any atom is -0.187 e. The third-order valence-corrected chi connectivity index (χ3v) is 6.34. The van der Waals surface area contributed by atoms with Crippen molar-refractivity contribution in [2.24, 2.45) is 0 Å².